The minimum atomic E-state index is -4.53. The molecule has 0 radical (unpaired) electrons. The third-order valence-corrected chi connectivity index (χ3v) is 11.8. The summed E-state index contributed by atoms with van der Waals surface area (Å²) in [5.41, 5.74) is -1.66. The average molecular weight is 716 g/mol. The largest absolute Gasteiger partial charge is 0.497 e. The number of ether oxygens (including phenoxy) is 3. The summed E-state index contributed by atoms with van der Waals surface area (Å²) >= 11 is 0. The van der Waals surface area contributed by atoms with Crippen molar-refractivity contribution in [3.05, 3.63) is 77.5 Å². The van der Waals surface area contributed by atoms with E-state index >= 15 is 4.79 Å². The molecule has 268 valence electrons. The van der Waals surface area contributed by atoms with E-state index in [1.54, 1.807) is 24.0 Å². The fraction of sp³-hybridized carbons (Fsp3) is 0.444. The summed E-state index contributed by atoms with van der Waals surface area (Å²) in [7, 11) is -3.06. The first-order valence-corrected chi connectivity index (χ1v) is 18.5. The standard InChI is InChI=1S/C36H41N7O7S/c1-3-50-32-29(6-4-13-38-32)36(39-34(45)42-24-35(25-42)22-41(23-35)15-5-14-40-16-18-49-19-17-40)30-20-26(21-37)7-12-31(30)43(33(36)44)51(46,47)28-10-8-27(48-2)9-11-28/h4,6-13,20H,3,5,14-19,22-25H2,1-2H3,(H,39,45). The Balaban J connectivity index is 1.18. The van der Waals surface area contributed by atoms with Gasteiger partial charge in [0.05, 0.1) is 54.7 Å². The van der Waals surface area contributed by atoms with Crippen molar-refractivity contribution in [2.75, 3.05) is 83.6 Å². The van der Waals surface area contributed by atoms with Crippen molar-refractivity contribution in [3.63, 3.8) is 0 Å². The first-order valence-electron chi connectivity index (χ1n) is 17.1. The number of urea groups is 1. The van der Waals surface area contributed by atoms with Crippen LogP contribution in [0.4, 0.5) is 10.5 Å². The first-order chi connectivity index (χ1) is 24.6. The van der Waals surface area contributed by atoms with Crippen molar-refractivity contribution in [2.45, 2.75) is 23.8 Å². The molecule has 4 aliphatic rings. The molecule has 4 aliphatic heterocycles. The number of aromatic nitrogens is 1. The van der Waals surface area contributed by atoms with Crippen LogP contribution in [-0.4, -0.2) is 119 Å². The number of nitrogens with one attached hydrogen (secondary N) is 1. The number of methoxy groups -OCH3 is 1. The molecule has 1 aromatic heterocycles. The number of pyridine rings is 1. The van der Waals surface area contributed by atoms with E-state index in [0.29, 0.717) is 23.1 Å². The van der Waals surface area contributed by atoms with Gasteiger partial charge in [-0.1, -0.05) is 0 Å². The maximum Gasteiger partial charge on any atom is 0.318 e. The van der Waals surface area contributed by atoms with Crippen molar-refractivity contribution in [1.82, 2.24) is 25.0 Å². The number of fused-ring (bicyclic) bond motifs is 1. The summed E-state index contributed by atoms with van der Waals surface area (Å²) in [4.78, 5) is 39.9. The molecule has 3 amide bonds. The Kier molecular flexibility index (Phi) is 9.36. The zero-order valence-corrected chi connectivity index (χ0v) is 29.5. The second kappa shape index (κ2) is 13.8. The highest BCUT2D eigenvalue weighted by Crippen LogP contribution is 2.50. The van der Waals surface area contributed by atoms with E-state index in [2.05, 4.69) is 26.2 Å². The van der Waals surface area contributed by atoms with Crippen LogP contribution >= 0.6 is 0 Å². The lowest BCUT2D eigenvalue weighted by atomic mass is 9.73. The molecule has 3 saturated heterocycles. The summed E-state index contributed by atoms with van der Waals surface area (Å²) in [5, 5.41) is 12.9. The van der Waals surface area contributed by atoms with E-state index in [1.807, 2.05) is 0 Å². The number of hydrogen-bond acceptors (Lipinski definition) is 11. The molecule has 3 aromatic rings. The van der Waals surface area contributed by atoms with Crippen molar-refractivity contribution in [3.8, 4) is 17.7 Å². The van der Waals surface area contributed by atoms with E-state index in [1.165, 1.54) is 55.8 Å². The number of likely N-dealkylation sites (tertiary alicyclic amines) is 2. The number of nitriles is 1. The average Bonchev–Trinajstić information content (AvgIpc) is 3.36. The number of sulfonamides is 1. The summed E-state index contributed by atoms with van der Waals surface area (Å²) in [6, 6.07) is 14.7. The summed E-state index contributed by atoms with van der Waals surface area (Å²) in [6.45, 7) is 10.2. The van der Waals surface area contributed by atoms with Crippen LogP contribution in [0.5, 0.6) is 11.6 Å². The first kappa shape index (κ1) is 34.7. The van der Waals surface area contributed by atoms with E-state index in [9.17, 15) is 18.5 Å². The summed E-state index contributed by atoms with van der Waals surface area (Å²) < 4.78 is 45.9. The Morgan fingerprint density at radius 3 is 2.43 bits per heavy atom. The van der Waals surface area contributed by atoms with Gasteiger partial charge in [-0.15, -0.1) is 0 Å². The third kappa shape index (κ3) is 6.16. The Morgan fingerprint density at radius 2 is 1.75 bits per heavy atom. The van der Waals surface area contributed by atoms with E-state index < -0.39 is 27.5 Å². The highest BCUT2D eigenvalue weighted by Gasteiger charge is 2.60. The molecular weight excluding hydrogens is 675 g/mol. The fourth-order valence-corrected chi connectivity index (χ4v) is 9.14. The van der Waals surface area contributed by atoms with Crippen LogP contribution in [0.1, 0.15) is 30.0 Å². The molecule has 2 aromatic carbocycles. The molecule has 7 rings (SSSR count). The van der Waals surface area contributed by atoms with Gasteiger partial charge in [0.15, 0.2) is 5.54 Å². The van der Waals surface area contributed by atoms with Gasteiger partial charge in [0.1, 0.15) is 5.75 Å². The molecule has 14 nitrogen and oxygen atoms in total. The quantitative estimate of drug-likeness (QED) is 0.311. The highest BCUT2D eigenvalue weighted by atomic mass is 32.2. The van der Waals surface area contributed by atoms with Crippen LogP contribution in [0.15, 0.2) is 65.7 Å². The predicted molar refractivity (Wildman–Crippen MR) is 186 cm³/mol. The molecule has 51 heavy (non-hydrogen) atoms. The number of benzene rings is 2. The molecular formula is C36H41N7O7S. The molecule has 5 heterocycles. The highest BCUT2D eigenvalue weighted by molar-refractivity contribution is 7.93. The molecule has 15 heteroatoms. The summed E-state index contributed by atoms with van der Waals surface area (Å²) in [6.07, 6.45) is 2.56. The Morgan fingerprint density at radius 1 is 1.02 bits per heavy atom. The maximum atomic E-state index is 15.0. The summed E-state index contributed by atoms with van der Waals surface area (Å²) in [5.74, 6) is -0.456. The number of morpholine rings is 1. The molecule has 0 saturated carbocycles. The van der Waals surface area contributed by atoms with Crippen LogP contribution in [0, 0.1) is 16.7 Å². The van der Waals surface area contributed by atoms with Gasteiger partial charge in [-0.3, -0.25) is 9.69 Å². The van der Waals surface area contributed by atoms with Gasteiger partial charge in [-0.05, 0) is 81.0 Å². The number of hydrogen-bond donors (Lipinski definition) is 1. The van der Waals surface area contributed by atoms with E-state index in [0.717, 1.165) is 58.9 Å². The monoisotopic (exact) mass is 715 g/mol. The smallest absolute Gasteiger partial charge is 0.318 e. The van der Waals surface area contributed by atoms with Crippen LogP contribution < -0.4 is 19.1 Å². The lowest BCUT2D eigenvalue weighted by Gasteiger charge is -2.60. The number of amides is 3. The zero-order valence-electron chi connectivity index (χ0n) is 28.7. The minimum absolute atomic E-state index is 0.00760. The predicted octanol–water partition coefficient (Wildman–Crippen LogP) is 2.39. The van der Waals surface area contributed by atoms with Crippen LogP contribution in [-0.2, 0) is 25.1 Å². The molecule has 0 bridgehead atoms. The van der Waals surface area contributed by atoms with Crippen LogP contribution in [0.3, 0.4) is 0 Å². The number of rotatable bonds is 11. The number of carbonyl (C=O) groups excluding carboxylic acids is 2. The second-order valence-corrected chi connectivity index (χ2v) is 15.2. The van der Waals surface area contributed by atoms with E-state index in [-0.39, 0.29) is 45.2 Å². The molecule has 1 spiro atoms. The lowest BCUT2D eigenvalue weighted by Crippen LogP contribution is -2.74. The van der Waals surface area contributed by atoms with Gasteiger partial charge in [0.25, 0.3) is 15.9 Å². The Bertz CT molecular complexity index is 1950. The van der Waals surface area contributed by atoms with Gasteiger partial charge < -0.3 is 29.3 Å². The van der Waals surface area contributed by atoms with Crippen molar-refractivity contribution in [2.24, 2.45) is 5.41 Å². The number of carbonyl (C=O) groups is 2. The number of nitrogens with zero attached hydrogens (tertiary/aromatic N) is 6. The van der Waals surface area contributed by atoms with Gasteiger partial charge >= 0.3 is 6.03 Å². The molecule has 1 N–H and O–H groups in total. The topological polar surface area (TPSA) is 158 Å². The lowest BCUT2D eigenvalue weighted by molar-refractivity contribution is -0.122. The van der Waals surface area contributed by atoms with Crippen molar-refractivity contribution < 1.29 is 32.2 Å². The van der Waals surface area contributed by atoms with Crippen molar-refractivity contribution in [1.29, 1.82) is 5.26 Å². The van der Waals surface area contributed by atoms with Gasteiger partial charge in [0, 0.05) is 56.4 Å². The van der Waals surface area contributed by atoms with Gasteiger partial charge in [0.2, 0.25) is 5.88 Å². The molecule has 3 fully saturated rings. The number of anilines is 1. The Hall–Kier alpha value is -4.75. The minimum Gasteiger partial charge on any atom is -0.497 e. The molecule has 1 atom stereocenters. The third-order valence-electron chi connectivity index (χ3n) is 10.1. The normalized spacial score (nSPS) is 21.4. The zero-order chi connectivity index (χ0) is 35.8. The van der Waals surface area contributed by atoms with Gasteiger partial charge in [-0.25, -0.2) is 18.2 Å². The fourth-order valence-electron chi connectivity index (χ4n) is 7.68. The molecule has 0 aliphatic carbocycles. The maximum absolute atomic E-state index is 15.0. The van der Waals surface area contributed by atoms with Gasteiger partial charge in [-0.2, -0.15) is 9.57 Å². The van der Waals surface area contributed by atoms with Crippen LogP contribution in [0.25, 0.3) is 0 Å². The van der Waals surface area contributed by atoms with Crippen molar-refractivity contribution >= 4 is 27.6 Å². The Labute approximate surface area is 297 Å². The molecule has 1 unspecified atom stereocenters. The second-order valence-electron chi connectivity index (χ2n) is 13.4. The van der Waals surface area contributed by atoms with Crippen LogP contribution in [0.2, 0.25) is 0 Å². The SMILES string of the molecule is CCOc1ncccc1C1(NC(=O)N2CC3(CN(CCCN4CCOCC4)C3)C2)C(=O)N(S(=O)(=O)c2ccc(OC)cc2)c2ccc(C#N)cc21. The van der Waals surface area contributed by atoms with E-state index in [4.69, 9.17) is 14.2 Å².